The van der Waals surface area contributed by atoms with Crippen LogP contribution in [0.25, 0.3) is 0 Å². The van der Waals surface area contributed by atoms with E-state index in [1.54, 1.807) is 0 Å². The molecule has 0 aromatic carbocycles. The first kappa shape index (κ1) is 20.6. The van der Waals surface area contributed by atoms with Crippen molar-refractivity contribution in [3.8, 4) is 6.07 Å². The number of hydrogen-bond donors (Lipinski definition) is 0. The van der Waals surface area contributed by atoms with Gasteiger partial charge in [-0.2, -0.15) is 5.26 Å². The number of hydrogen-bond acceptors (Lipinski definition) is 3. The molecule has 5 aliphatic carbocycles. The summed E-state index contributed by atoms with van der Waals surface area (Å²) in [5.74, 6) is 3.37. The van der Waals surface area contributed by atoms with E-state index in [-0.39, 0.29) is 29.2 Å². The highest BCUT2D eigenvalue weighted by molar-refractivity contribution is 5.84. The first-order valence-corrected chi connectivity index (χ1v) is 13.2. The fraction of sp³-hybridized carbons (Fsp3) is 0.926. The molecule has 6 rings (SSSR count). The first-order chi connectivity index (χ1) is 14.8. The van der Waals surface area contributed by atoms with Crippen LogP contribution in [0.3, 0.4) is 0 Å². The number of alkyl halides is 1. The Balaban J connectivity index is 1.19. The molecule has 0 amide bonds. The predicted octanol–water partition coefficient (Wildman–Crippen LogP) is 5.54. The van der Waals surface area contributed by atoms with Crippen LogP contribution in [0.5, 0.6) is 0 Å². The van der Waals surface area contributed by atoms with Gasteiger partial charge in [-0.05, 0) is 112 Å². The maximum Gasteiger partial charge on any atom is 0.150 e. The fourth-order valence-electron chi connectivity index (χ4n) is 9.71. The number of Topliss-reactive ketones (excluding diaryl/α,β-unsaturated/α-hetero) is 1. The summed E-state index contributed by atoms with van der Waals surface area (Å²) >= 11 is 0. The molecule has 11 unspecified atom stereocenters. The number of ketones is 1. The van der Waals surface area contributed by atoms with Gasteiger partial charge < -0.3 is 0 Å². The zero-order valence-electron chi connectivity index (χ0n) is 19.4. The molecule has 31 heavy (non-hydrogen) atoms. The van der Waals surface area contributed by atoms with Crippen molar-refractivity contribution in [2.24, 2.45) is 46.8 Å². The van der Waals surface area contributed by atoms with E-state index in [4.69, 9.17) is 0 Å². The Kier molecular flexibility index (Phi) is 4.68. The average Bonchev–Trinajstić information content (AvgIpc) is 3.30. The van der Waals surface area contributed by atoms with Gasteiger partial charge in [-0.1, -0.05) is 13.8 Å². The zero-order chi connectivity index (χ0) is 21.5. The minimum atomic E-state index is -0.935. The van der Waals surface area contributed by atoms with Crippen LogP contribution in [-0.4, -0.2) is 35.0 Å². The van der Waals surface area contributed by atoms with Crippen molar-refractivity contribution < 1.29 is 9.18 Å². The van der Waals surface area contributed by atoms with Crippen LogP contribution in [0, 0.1) is 58.2 Å². The van der Waals surface area contributed by atoms with E-state index < -0.39 is 5.67 Å². The summed E-state index contributed by atoms with van der Waals surface area (Å²) in [6.07, 6.45) is 11.4. The Bertz CT molecular complexity index is 808. The van der Waals surface area contributed by atoms with Gasteiger partial charge in [0.15, 0.2) is 5.78 Å². The SMILES string of the molecule is CC1CCC2(F)C(CCC3C4CCC(C(=O)CN5C(C#N)CC6CC65)C4(C)CCC32)C1. The summed E-state index contributed by atoms with van der Waals surface area (Å²) in [5, 5.41) is 9.52. The number of fused-ring (bicyclic) bond motifs is 6. The molecule has 0 aromatic rings. The lowest BCUT2D eigenvalue weighted by molar-refractivity contribution is -0.146. The molecule has 4 heteroatoms. The molecule has 0 N–H and O–H groups in total. The van der Waals surface area contributed by atoms with Gasteiger partial charge in [0.2, 0.25) is 0 Å². The zero-order valence-corrected chi connectivity index (χ0v) is 19.4. The lowest BCUT2D eigenvalue weighted by Gasteiger charge is -2.58. The van der Waals surface area contributed by atoms with Crippen LogP contribution in [0.1, 0.15) is 84.5 Å². The van der Waals surface area contributed by atoms with E-state index in [0.717, 1.165) is 57.8 Å². The van der Waals surface area contributed by atoms with E-state index in [2.05, 4.69) is 24.8 Å². The smallest absolute Gasteiger partial charge is 0.150 e. The molecule has 6 aliphatic rings. The Labute approximate surface area is 187 Å². The molecule has 5 saturated carbocycles. The number of rotatable bonds is 3. The normalized spacial score (nSPS) is 55.5. The minimum Gasteiger partial charge on any atom is -0.298 e. The fourth-order valence-corrected chi connectivity index (χ4v) is 9.71. The van der Waals surface area contributed by atoms with Crippen LogP contribution in [0.2, 0.25) is 0 Å². The third-order valence-corrected chi connectivity index (χ3v) is 11.4. The van der Waals surface area contributed by atoms with Crippen LogP contribution in [0.4, 0.5) is 4.39 Å². The molecule has 170 valence electrons. The molecular weight excluding hydrogens is 387 g/mol. The summed E-state index contributed by atoms with van der Waals surface area (Å²) in [6.45, 7) is 5.15. The quantitative estimate of drug-likeness (QED) is 0.595. The van der Waals surface area contributed by atoms with Gasteiger partial charge in [0, 0.05) is 12.0 Å². The second-order valence-corrected chi connectivity index (χ2v) is 12.7. The van der Waals surface area contributed by atoms with Crippen molar-refractivity contribution in [2.75, 3.05) is 6.54 Å². The first-order valence-electron chi connectivity index (χ1n) is 13.2. The summed E-state index contributed by atoms with van der Waals surface area (Å²) in [5.41, 5.74) is -0.885. The van der Waals surface area contributed by atoms with E-state index in [9.17, 15) is 10.1 Å². The van der Waals surface area contributed by atoms with Gasteiger partial charge in [0.1, 0.15) is 5.67 Å². The molecule has 0 aromatic heterocycles. The third-order valence-electron chi connectivity index (χ3n) is 11.4. The topological polar surface area (TPSA) is 44.1 Å². The monoisotopic (exact) mass is 426 g/mol. The molecule has 3 nitrogen and oxygen atoms in total. The van der Waals surface area contributed by atoms with Gasteiger partial charge >= 0.3 is 0 Å². The van der Waals surface area contributed by atoms with Gasteiger partial charge in [-0.25, -0.2) is 4.39 Å². The second kappa shape index (κ2) is 7.02. The van der Waals surface area contributed by atoms with E-state index in [1.807, 2.05) is 0 Å². The van der Waals surface area contributed by atoms with Crippen molar-refractivity contribution in [3.05, 3.63) is 0 Å². The maximum absolute atomic E-state index is 16.5. The van der Waals surface area contributed by atoms with Crippen LogP contribution in [0.15, 0.2) is 0 Å². The Morgan fingerprint density at radius 1 is 1.06 bits per heavy atom. The summed E-state index contributed by atoms with van der Waals surface area (Å²) in [4.78, 5) is 15.8. The highest BCUT2D eigenvalue weighted by Crippen LogP contribution is 2.66. The van der Waals surface area contributed by atoms with E-state index in [0.29, 0.717) is 42.0 Å². The second-order valence-electron chi connectivity index (χ2n) is 12.7. The Morgan fingerprint density at radius 2 is 1.90 bits per heavy atom. The highest BCUT2D eigenvalue weighted by atomic mass is 19.1. The lowest BCUT2D eigenvalue weighted by Crippen LogP contribution is -2.57. The molecule has 0 radical (unpaired) electrons. The molecule has 1 heterocycles. The van der Waals surface area contributed by atoms with Gasteiger partial charge in [-0.3, -0.25) is 9.69 Å². The molecule has 11 atom stereocenters. The molecule has 0 bridgehead atoms. The number of likely N-dealkylation sites (tertiary alicyclic amines) is 1. The van der Waals surface area contributed by atoms with Gasteiger partial charge in [-0.15, -0.1) is 0 Å². The molecule has 0 spiro atoms. The number of carbonyl (C=O) groups excluding carboxylic acids is 1. The van der Waals surface area contributed by atoms with Crippen LogP contribution in [-0.2, 0) is 4.79 Å². The van der Waals surface area contributed by atoms with Crippen molar-refractivity contribution >= 4 is 5.78 Å². The summed E-state index contributed by atoms with van der Waals surface area (Å²) < 4.78 is 16.5. The van der Waals surface area contributed by atoms with Gasteiger partial charge in [0.05, 0.1) is 18.7 Å². The third kappa shape index (κ3) is 2.94. The van der Waals surface area contributed by atoms with Crippen LogP contribution >= 0.6 is 0 Å². The Hall–Kier alpha value is -0.950. The average molecular weight is 427 g/mol. The molecule has 6 fully saturated rings. The van der Waals surface area contributed by atoms with Crippen molar-refractivity contribution in [1.82, 2.24) is 4.90 Å². The number of nitrogens with zero attached hydrogens (tertiary/aromatic N) is 2. The lowest BCUT2D eigenvalue weighted by atomic mass is 9.48. The van der Waals surface area contributed by atoms with Crippen molar-refractivity contribution in [1.29, 1.82) is 5.26 Å². The van der Waals surface area contributed by atoms with Crippen molar-refractivity contribution in [2.45, 2.75) is 102 Å². The standard InChI is InChI=1S/C27H39FN2O/c1-16-7-10-27(28)18(11-16)3-4-20-21-5-6-23(26(21,2)9-8-22(20)27)25(31)15-30-19(14-29)12-17-13-24(17)30/h16-24H,3-13,15H2,1-2H3. The highest BCUT2D eigenvalue weighted by Gasteiger charge is 2.63. The molecule has 1 aliphatic heterocycles. The Morgan fingerprint density at radius 3 is 2.71 bits per heavy atom. The van der Waals surface area contributed by atoms with Crippen LogP contribution < -0.4 is 0 Å². The molecule has 1 saturated heterocycles. The number of carbonyl (C=O) groups is 1. The largest absolute Gasteiger partial charge is 0.298 e. The number of halogens is 1. The maximum atomic E-state index is 16.5. The van der Waals surface area contributed by atoms with Gasteiger partial charge in [0.25, 0.3) is 0 Å². The van der Waals surface area contributed by atoms with E-state index in [1.165, 1.54) is 12.8 Å². The summed E-state index contributed by atoms with van der Waals surface area (Å²) in [6, 6.07) is 2.88. The number of piperidine rings is 1. The molecular formula is C27H39FN2O. The van der Waals surface area contributed by atoms with Crippen molar-refractivity contribution in [3.63, 3.8) is 0 Å². The van der Waals surface area contributed by atoms with E-state index >= 15 is 4.39 Å². The number of nitriles is 1. The predicted molar refractivity (Wildman–Crippen MR) is 118 cm³/mol. The summed E-state index contributed by atoms with van der Waals surface area (Å²) in [7, 11) is 0. The minimum absolute atomic E-state index is 0.0498.